The highest BCUT2D eigenvalue weighted by Gasteiger charge is 2.09. The van der Waals surface area contributed by atoms with Gasteiger partial charge in [0, 0.05) is 17.3 Å². The third-order valence-corrected chi connectivity index (χ3v) is 4.12. The molecule has 0 saturated heterocycles. The highest BCUT2D eigenvalue weighted by atomic mass is 32.1. The molecule has 0 atom stereocenters. The molecule has 0 aliphatic rings. The minimum Gasteiger partial charge on any atom is -0.493 e. The summed E-state index contributed by atoms with van der Waals surface area (Å²) < 4.78 is 21.8. The van der Waals surface area contributed by atoms with Gasteiger partial charge in [-0.05, 0) is 63.3 Å². The van der Waals surface area contributed by atoms with Crippen LogP contribution in [0.1, 0.15) is 26.3 Å². The van der Waals surface area contributed by atoms with Gasteiger partial charge in [0.25, 0.3) is 0 Å². The number of nitrogens with one attached hydrogen (secondary N) is 2. The summed E-state index contributed by atoms with van der Waals surface area (Å²) in [5.74, 6) is 2.65. The summed E-state index contributed by atoms with van der Waals surface area (Å²) in [4.78, 5) is 0. The molecule has 2 aromatic rings. The van der Waals surface area contributed by atoms with Crippen LogP contribution in [0.4, 0.5) is 5.69 Å². The van der Waals surface area contributed by atoms with Gasteiger partial charge in [0.15, 0.2) is 28.1 Å². The minimum absolute atomic E-state index is 0.354. The predicted octanol–water partition coefficient (Wildman–Crippen LogP) is 4.21. The van der Waals surface area contributed by atoms with Crippen molar-refractivity contribution in [3.8, 4) is 23.0 Å². The van der Waals surface area contributed by atoms with Gasteiger partial charge in [-0.3, -0.25) is 5.43 Å². The molecule has 0 spiro atoms. The van der Waals surface area contributed by atoms with Gasteiger partial charge in [0.1, 0.15) is 0 Å². The zero-order valence-electron chi connectivity index (χ0n) is 17.4. The molecule has 8 heteroatoms. The molecule has 0 saturated carbocycles. The van der Waals surface area contributed by atoms with Crippen molar-refractivity contribution in [2.75, 3.05) is 32.8 Å². The van der Waals surface area contributed by atoms with Crippen molar-refractivity contribution in [3.63, 3.8) is 0 Å². The Labute approximate surface area is 177 Å². The number of methoxy groups -OCH3 is 2. The highest BCUT2D eigenvalue weighted by molar-refractivity contribution is 7.80. The second-order valence-corrected chi connectivity index (χ2v) is 6.27. The molecule has 0 bridgehead atoms. The van der Waals surface area contributed by atoms with Gasteiger partial charge in [-0.25, -0.2) is 0 Å². The third-order valence-electron chi connectivity index (χ3n) is 3.93. The van der Waals surface area contributed by atoms with E-state index in [4.69, 9.17) is 31.2 Å². The maximum Gasteiger partial charge on any atom is 0.191 e. The Hall–Kier alpha value is -3.00. The van der Waals surface area contributed by atoms with Crippen LogP contribution >= 0.6 is 12.2 Å². The second-order valence-electron chi connectivity index (χ2n) is 5.86. The average Bonchev–Trinajstić information content (AvgIpc) is 2.73. The van der Waals surface area contributed by atoms with Crippen molar-refractivity contribution in [2.45, 2.75) is 20.8 Å². The van der Waals surface area contributed by atoms with Gasteiger partial charge in [0.2, 0.25) is 0 Å². The van der Waals surface area contributed by atoms with Crippen LogP contribution in [0.5, 0.6) is 23.0 Å². The summed E-state index contributed by atoms with van der Waals surface area (Å²) in [5, 5.41) is 7.77. The van der Waals surface area contributed by atoms with E-state index in [-0.39, 0.29) is 0 Å². The number of hydrazone groups is 1. The molecule has 0 radical (unpaired) electrons. The SMILES string of the molecule is CCOc1ccc(/C(C)=N\NC(=S)Nc2ccc(OC)c(OC)c2)cc1OCC. The molecule has 0 amide bonds. The average molecular weight is 418 g/mol. The standard InChI is InChI=1S/C21H27N3O4S/c1-6-27-18-10-8-15(12-20(18)28-7-2)14(3)23-24-21(29)22-16-9-11-17(25-4)19(13-16)26-5/h8-13H,6-7H2,1-5H3,(H2,22,24,29)/b23-14-. The van der Waals surface area contributed by atoms with E-state index in [1.807, 2.05) is 45.0 Å². The summed E-state index contributed by atoms with van der Waals surface area (Å²) in [7, 11) is 3.17. The topological polar surface area (TPSA) is 73.3 Å². The van der Waals surface area contributed by atoms with E-state index in [9.17, 15) is 0 Å². The van der Waals surface area contributed by atoms with Crippen LogP contribution in [-0.2, 0) is 0 Å². The Balaban J connectivity index is 2.07. The smallest absolute Gasteiger partial charge is 0.191 e. The van der Waals surface area contributed by atoms with Gasteiger partial charge in [-0.2, -0.15) is 5.10 Å². The molecule has 0 heterocycles. The van der Waals surface area contributed by atoms with Crippen LogP contribution < -0.4 is 29.7 Å². The second kappa shape index (κ2) is 11.1. The lowest BCUT2D eigenvalue weighted by atomic mass is 10.1. The number of anilines is 1. The summed E-state index contributed by atoms with van der Waals surface area (Å²) >= 11 is 5.32. The normalized spacial score (nSPS) is 10.9. The molecule has 0 fully saturated rings. The molecule has 0 unspecified atom stereocenters. The molecular weight excluding hydrogens is 390 g/mol. The van der Waals surface area contributed by atoms with Crippen LogP contribution in [0, 0.1) is 0 Å². The van der Waals surface area contributed by atoms with E-state index in [1.165, 1.54) is 0 Å². The van der Waals surface area contributed by atoms with E-state index < -0.39 is 0 Å². The summed E-state index contributed by atoms with van der Waals surface area (Å²) in [6.45, 7) is 6.88. The summed E-state index contributed by atoms with van der Waals surface area (Å²) in [6.07, 6.45) is 0. The molecule has 0 aliphatic heterocycles. The van der Waals surface area contributed by atoms with Crippen LogP contribution in [0.15, 0.2) is 41.5 Å². The fraction of sp³-hybridized carbons (Fsp3) is 0.333. The Morgan fingerprint density at radius 3 is 2.21 bits per heavy atom. The Bertz CT molecular complexity index is 871. The van der Waals surface area contributed by atoms with Crippen molar-refractivity contribution in [1.29, 1.82) is 0 Å². The zero-order chi connectivity index (χ0) is 21.2. The van der Waals surface area contributed by atoms with E-state index in [0.29, 0.717) is 41.3 Å². The van der Waals surface area contributed by atoms with Crippen molar-refractivity contribution in [3.05, 3.63) is 42.0 Å². The first-order valence-electron chi connectivity index (χ1n) is 9.25. The van der Waals surface area contributed by atoms with E-state index >= 15 is 0 Å². The van der Waals surface area contributed by atoms with Crippen LogP contribution in [-0.4, -0.2) is 38.3 Å². The summed E-state index contributed by atoms with van der Waals surface area (Å²) in [6, 6.07) is 11.1. The monoisotopic (exact) mass is 417 g/mol. The number of benzene rings is 2. The molecule has 2 rings (SSSR count). The fourth-order valence-electron chi connectivity index (χ4n) is 2.55. The fourth-order valence-corrected chi connectivity index (χ4v) is 2.71. The van der Waals surface area contributed by atoms with E-state index in [1.54, 1.807) is 26.4 Å². The first-order chi connectivity index (χ1) is 14.0. The Kier molecular flexibility index (Phi) is 8.54. The number of hydrogen-bond acceptors (Lipinski definition) is 6. The van der Waals surface area contributed by atoms with Crippen molar-refractivity contribution < 1.29 is 18.9 Å². The first kappa shape index (κ1) is 22.3. The van der Waals surface area contributed by atoms with Crippen LogP contribution in [0.25, 0.3) is 0 Å². The van der Waals surface area contributed by atoms with Gasteiger partial charge < -0.3 is 24.3 Å². The lowest BCUT2D eigenvalue weighted by molar-refractivity contribution is 0.287. The summed E-state index contributed by atoms with van der Waals surface area (Å²) in [5.41, 5.74) is 5.26. The highest BCUT2D eigenvalue weighted by Crippen LogP contribution is 2.30. The molecular formula is C21H27N3O4S. The van der Waals surface area contributed by atoms with Crippen molar-refractivity contribution >= 4 is 28.7 Å². The van der Waals surface area contributed by atoms with Crippen molar-refractivity contribution in [2.24, 2.45) is 5.10 Å². The lowest BCUT2D eigenvalue weighted by Crippen LogP contribution is -2.25. The molecule has 2 N–H and O–H groups in total. The Morgan fingerprint density at radius 1 is 0.897 bits per heavy atom. The molecule has 2 aromatic carbocycles. The van der Waals surface area contributed by atoms with Crippen molar-refractivity contribution in [1.82, 2.24) is 5.43 Å². The number of hydrogen-bond donors (Lipinski definition) is 2. The zero-order valence-corrected chi connectivity index (χ0v) is 18.2. The molecule has 0 aliphatic carbocycles. The molecule has 7 nitrogen and oxygen atoms in total. The minimum atomic E-state index is 0.354. The van der Waals surface area contributed by atoms with Gasteiger partial charge in [0.05, 0.1) is 33.1 Å². The predicted molar refractivity (Wildman–Crippen MR) is 120 cm³/mol. The van der Waals surface area contributed by atoms with Gasteiger partial charge >= 0.3 is 0 Å². The maximum atomic E-state index is 5.67. The molecule has 0 aromatic heterocycles. The quantitative estimate of drug-likeness (QED) is 0.360. The van der Waals surface area contributed by atoms with Gasteiger partial charge in [-0.15, -0.1) is 0 Å². The van der Waals surface area contributed by atoms with E-state index in [2.05, 4.69) is 15.8 Å². The number of ether oxygens (including phenoxy) is 4. The van der Waals surface area contributed by atoms with Crippen LogP contribution in [0.3, 0.4) is 0 Å². The molecule has 29 heavy (non-hydrogen) atoms. The number of nitrogens with zero attached hydrogens (tertiary/aromatic N) is 1. The largest absolute Gasteiger partial charge is 0.493 e. The number of thiocarbonyl (C=S) groups is 1. The molecule has 156 valence electrons. The van der Waals surface area contributed by atoms with E-state index in [0.717, 1.165) is 17.0 Å². The lowest BCUT2D eigenvalue weighted by Gasteiger charge is -2.13. The number of rotatable bonds is 9. The third kappa shape index (κ3) is 6.25. The first-order valence-corrected chi connectivity index (χ1v) is 9.66. The van der Waals surface area contributed by atoms with Gasteiger partial charge in [-0.1, -0.05) is 0 Å². The maximum absolute atomic E-state index is 5.67. The van der Waals surface area contributed by atoms with Crippen LogP contribution in [0.2, 0.25) is 0 Å². The Morgan fingerprint density at radius 2 is 1.55 bits per heavy atom.